The number of nitrogens with zero attached hydrogens (tertiary/aromatic N) is 2. The highest BCUT2D eigenvalue weighted by Gasteiger charge is 2.30. The number of para-hydroxylation sites is 1. The Labute approximate surface area is 142 Å². The Morgan fingerprint density at radius 1 is 1.17 bits per heavy atom. The number of rotatable bonds is 2. The lowest BCUT2D eigenvalue weighted by molar-refractivity contribution is 0.260. The number of anilines is 1. The van der Waals surface area contributed by atoms with E-state index >= 15 is 0 Å². The molecule has 3 heterocycles. The lowest BCUT2D eigenvalue weighted by Gasteiger charge is -2.24. The summed E-state index contributed by atoms with van der Waals surface area (Å²) in [6.45, 7) is 6.47. The zero-order valence-electron chi connectivity index (χ0n) is 13.5. The molecule has 0 bridgehead atoms. The Morgan fingerprint density at radius 2 is 1.96 bits per heavy atom. The third-order valence-electron chi connectivity index (χ3n) is 5.23. The topological polar surface area (TPSA) is 39.3 Å². The van der Waals surface area contributed by atoms with E-state index in [9.17, 15) is 4.79 Å². The molecule has 2 fully saturated rings. The second kappa shape index (κ2) is 6.54. The summed E-state index contributed by atoms with van der Waals surface area (Å²) < 4.78 is 0. The first-order valence-electron chi connectivity index (χ1n) is 8.34. The highest BCUT2D eigenvalue weighted by molar-refractivity contribution is 5.85. The van der Waals surface area contributed by atoms with E-state index in [-0.39, 0.29) is 18.0 Å². The average molecular weight is 334 g/mol. The molecule has 2 aliphatic heterocycles. The number of aromatic nitrogens is 1. The molecule has 0 amide bonds. The van der Waals surface area contributed by atoms with Crippen molar-refractivity contribution in [3.05, 3.63) is 40.2 Å². The first kappa shape index (κ1) is 16.3. The molecule has 124 valence electrons. The van der Waals surface area contributed by atoms with Gasteiger partial charge in [-0.15, -0.1) is 12.4 Å². The van der Waals surface area contributed by atoms with Gasteiger partial charge in [-0.1, -0.05) is 18.2 Å². The Balaban J connectivity index is 0.00000156. The maximum Gasteiger partial charge on any atom is 0.271 e. The van der Waals surface area contributed by atoms with Gasteiger partial charge in [0.2, 0.25) is 0 Å². The van der Waals surface area contributed by atoms with Gasteiger partial charge in [0.15, 0.2) is 0 Å². The largest absolute Gasteiger partial charge is 0.365 e. The molecule has 4 nitrogen and oxygen atoms in total. The molecule has 1 aromatic carbocycles. The predicted octanol–water partition coefficient (Wildman–Crippen LogP) is 2.93. The Bertz CT molecular complexity index is 752. The fourth-order valence-corrected chi connectivity index (χ4v) is 3.97. The van der Waals surface area contributed by atoms with Crippen LogP contribution in [0, 0.1) is 6.92 Å². The quantitative estimate of drug-likeness (QED) is 0.918. The number of hydrogen-bond donors (Lipinski definition) is 1. The molecule has 2 saturated heterocycles. The van der Waals surface area contributed by atoms with Crippen LogP contribution in [0.15, 0.2) is 29.1 Å². The van der Waals surface area contributed by atoms with Crippen LogP contribution in [-0.4, -0.2) is 42.1 Å². The van der Waals surface area contributed by atoms with E-state index in [0.717, 1.165) is 35.2 Å². The van der Waals surface area contributed by atoms with Crippen molar-refractivity contribution >= 4 is 29.0 Å². The standard InChI is InChI=1S/C18H23N3O.ClH/c1-13-5-4-6-14-11-16(18(22)19-17(13)14)21-10-7-15(12-21)20-8-2-3-9-20;/h4-6,11,15H,2-3,7-10,12H2,1H3,(H,19,22);1H. The molecular formula is C18H24ClN3O. The number of fused-ring (bicyclic) bond motifs is 1. The number of nitrogens with one attached hydrogen (secondary N) is 1. The van der Waals surface area contributed by atoms with Crippen LogP contribution in [-0.2, 0) is 0 Å². The van der Waals surface area contributed by atoms with Gasteiger partial charge in [0.25, 0.3) is 5.56 Å². The minimum absolute atomic E-state index is 0. The summed E-state index contributed by atoms with van der Waals surface area (Å²) in [6.07, 6.45) is 3.82. The number of benzene rings is 1. The summed E-state index contributed by atoms with van der Waals surface area (Å²) >= 11 is 0. The van der Waals surface area contributed by atoms with Crippen LogP contribution in [0.25, 0.3) is 10.9 Å². The lowest BCUT2D eigenvalue weighted by atomic mass is 10.1. The van der Waals surface area contributed by atoms with Crippen LogP contribution in [0.4, 0.5) is 5.69 Å². The molecule has 0 radical (unpaired) electrons. The molecule has 1 atom stereocenters. The first-order chi connectivity index (χ1) is 10.7. The van der Waals surface area contributed by atoms with Crippen molar-refractivity contribution in [3.8, 4) is 0 Å². The molecule has 0 saturated carbocycles. The molecular weight excluding hydrogens is 310 g/mol. The highest BCUT2D eigenvalue weighted by Crippen LogP contribution is 2.25. The molecule has 1 unspecified atom stereocenters. The molecule has 4 rings (SSSR count). The van der Waals surface area contributed by atoms with Gasteiger partial charge in [0.05, 0.1) is 5.52 Å². The number of hydrogen-bond acceptors (Lipinski definition) is 3. The summed E-state index contributed by atoms with van der Waals surface area (Å²) in [6, 6.07) is 8.85. The van der Waals surface area contributed by atoms with Crippen LogP contribution >= 0.6 is 12.4 Å². The van der Waals surface area contributed by atoms with Crippen LogP contribution in [0.5, 0.6) is 0 Å². The predicted molar refractivity (Wildman–Crippen MR) is 98.0 cm³/mol. The summed E-state index contributed by atoms with van der Waals surface area (Å²) in [4.78, 5) is 20.4. The molecule has 0 spiro atoms. The van der Waals surface area contributed by atoms with E-state index in [2.05, 4.69) is 33.0 Å². The Kier molecular flexibility index (Phi) is 4.64. The molecule has 1 aromatic heterocycles. The minimum Gasteiger partial charge on any atom is -0.365 e. The maximum atomic E-state index is 12.5. The van der Waals surface area contributed by atoms with Gasteiger partial charge in [0, 0.05) is 24.5 Å². The third-order valence-corrected chi connectivity index (χ3v) is 5.23. The van der Waals surface area contributed by atoms with Gasteiger partial charge in [-0.3, -0.25) is 9.69 Å². The van der Waals surface area contributed by atoms with Crippen molar-refractivity contribution in [3.63, 3.8) is 0 Å². The molecule has 23 heavy (non-hydrogen) atoms. The highest BCUT2D eigenvalue weighted by atomic mass is 35.5. The minimum atomic E-state index is 0. The van der Waals surface area contributed by atoms with Gasteiger partial charge >= 0.3 is 0 Å². The van der Waals surface area contributed by atoms with Crippen LogP contribution in [0.3, 0.4) is 0 Å². The fraction of sp³-hybridized carbons (Fsp3) is 0.500. The Hall–Kier alpha value is -1.52. The van der Waals surface area contributed by atoms with E-state index in [4.69, 9.17) is 0 Å². The summed E-state index contributed by atoms with van der Waals surface area (Å²) in [5.74, 6) is 0. The van der Waals surface area contributed by atoms with Crippen molar-refractivity contribution in [1.82, 2.24) is 9.88 Å². The second-order valence-corrected chi connectivity index (χ2v) is 6.65. The molecule has 5 heteroatoms. The summed E-state index contributed by atoms with van der Waals surface area (Å²) in [5, 5.41) is 1.12. The monoisotopic (exact) mass is 333 g/mol. The van der Waals surface area contributed by atoms with Gasteiger partial charge in [0.1, 0.15) is 5.69 Å². The fourth-order valence-electron chi connectivity index (χ4n) is 3.97. The normalized spacial score (nSPS) is 21.8. The van der Waals surface area contributed by atoms with Crippen molar-refractivity contribution in [1.29, 1.82) is 0 Å². The van der Waals surface area contributed by atoms with Gasteiger partial charge in [-0.25, -0.2) is 0 Å². The smallest absolute Gasteiger partial charge is 0.271 e. The number of aryl methyl sites for hydroxylation is 1. The van der Waals surface area contributed by atoms with Crippen molar-refractivity contribution in [2.75, 3.05) is 31.1 Å². The van der Waals surface area contributed by atoms with Crippen LogP contribution in [0.1, 0.15) is 24.8 Å². The molecule has 1 N–H and O–H groups in total. The first-order valence-corrected chi connectivity index (χ1v) is 8.34. The number of halogens is 1. The lowest BCUT2D eigenvalue weighted by Crippen LogP contribution is -2.36. The second-order valence-electron chi connectivity index (χ2n) is 6.65. The Morgan fingerprint density at radius 3 is 2.74 bits per heavy atom. The van der Waals surface area contributed by atoms with Crippen LogP contribution < -0.4 is 10.5 Å². The van der Waals surface area contributed by atoms with E-state index in [1.165, 1.54) is 32.4 Å². The maximum absolute atomic E-state index is 12.5. The van der Waals surface area contributed by atoms with Crippen molar-refractivity contribution in [2.45, 2.75) is 32.2 Å². The zero-order valence-corrected chi connectivity index (χ0v) is 14.4. The van der Waals surface area contributed by atoms with E-state index < -0.39 is 0 Å². The number of H-pyrrole nitrogens is 1. The number of aromatic amines is 1. The van der Waals surface area contributed by atoms with E-state index in [0.29, 0.717) is 6.04 Å². The zero-order chi connectivity index (χ0) is 15.1. The summed E-state index contributed by atoms with van der Waals surface area (Å²) in [7, 11) is 0. The third kappa shape index (κ3) is 2.98. The van der Waals surface area contributed by atoms with E-state index in [1.807, 2.05) is 13.0 Å². The molecule has 2 aromatic rings. The van der Waals surface area contributed by atoms with E-state index in [1.54, 1.807) is 0 Å². The van der Waals surface area contributed by atoms with Crippen LogP contribution in [0.2, 0.25) is 0 Å². The van der Waals surface area contributed by atoms with Crippen molar-refractivity contribution < 1.29 is 0 Å². The van der Waals surface area contributed by atoms with Crippen molar-refractivity contribution in [2.24, 2.45) is 0 Å². The SMILES string of the molecule is Cc1cccc2cc(N3CCC(N4CCCC4)C3)c(=O)[nH]c12.Cl. The number of likely N-dealkylation sites (tertiary alicyclic amines) is 1. The summed E-state index contributed by atoms with van der Waals surface area (Å²) in [5.41, 5.74) is 2.97. The molecule has 0 aliphatic carbocycles. The average Bonchev–Trinajstić information content (AvgIpc) is 3.18. The number of pyridine rings is 1. The molecule has 2 aliphatic rings. The van der Waals surface area contributed by atoms with Gasteiger partial charge in [-0.2, -0.15) is 0 Å². The van der Waals surface area contributed by atoms with Gasteiger partial charge in [-0.05, 0) is 50.9 Å². The van der Waals surface area contributed by atoms with Gasteiger partial charge < -0.3 is 9.88 Å².